The zero-order chi connectivity index (χ0) is 20.4. The maximum absolute atomic E-state index is 12.4. The molecule has 0 radical (unpaired) electrons. The molecule has 5 nitrogen and oxygen atoms in total. The third kappa shape index (κ3) is 4.34. The number of thioether (sulfide) groups is 1. The molecule has 4 aromatic rings. The minimum atomic E-state index is -3.44. The molecule has 3 heterocycles. The smallest absolute Gasteiger partial charge is 0.242 e. The molecule has 0 unspecified atom stereocenters. The molecule has 0 bridgehead atoms. The van der Waals surface area contributed by atoms with Crippen LogP contribution in [0.4, 0.5) is 0 Å². The number of imidazole rings is 1. The van der Waals surface area contributed by atoms with Gasteiger partial charge in [0.05, 0.1) is 20.3 Å². The van der Waals surface area contributed by atoms with Crippen LogP contribution in [0.2, 0.25) is 0 Å². The number of nitrogens with one attached hydrogen (secondary N) is 1. The van der Waals surface area contributed by atoms with Gasteiger partial charge in [0.1, 0.15) is 5.69 Å². The fourth-order valence-corrected chi connectivity index (χ4v) is 6.00. The van der Waals surface area contributed by atoms with Gasteiger partial charge in [-0.2, -0.15) is 0 Å². The van der Waals surface area contributed by atoms with Crippen LogP contribution in [0.15, 0.2) is 69.3 Å². The number of hydrogen-bond acceptors (Lipinski definition) is 6. The van der Waals surface area contributed by atoms with E-state index in [1.54, 1.807) is 52.6 Å². The van der Waals surface area contributed by atoms with Gasteiger partial charge in [0.2, 0.25) is 10.0 Å². The van der Waals surface area contributed by atoms with Crippen molar-refractivity contribution >= 4 is 44.5 Å². The molecule has 29 heavy (non-hydrogen) atoms. The van der Waals surface area contributed by atoms with Gasteiger partial charge in [0.15, 0.2) is 5.16 Å². The Morgan fingerprint density at radius 2 is 1.76 bits per heavy atom. The van der Waals surface area contributed by atoms with Crippen molar-refractivity contribution in [1.82, 2.24) is 14.3 Å². The van der Waals surface area contributed by atoms with Crippen LogP contribution in [0.5, 0.6) is 0 Å². The van der Waals surface area contributed by atoms with Crippen molar-refractivity contribution < 1.29 is 8.42 Å². The van der Waals surface area contributed by atoms with Gasteiger partial charge >= 0.3 is 0 Å². The van der Waals surface area contributed by atoms with Gasteiger partial charge in [-0.05, 0) is 40.6 Å². The van der Waals surface area contributed by atoms with Crippen molar-refractivity contribution in [3.63, 3.8) is 0 Å². The number of rotatable bonds is 7. The predicted molar refractivity (Wildman–Crippen MR) is 122 cm³/mol. The number of sulfonamides is 1. The van der Waals surface area contributed by atoms with E-state index in [-0.39, 0.29) is 0 Å². The zero-order valence-corrected chi connectivity index (χ0v) is 19.1. The van der Waals surface area contributed by atoms with Crippen LogP contribution in [0.3, 0.4) is 0 Å². The lowest BCUT2D eigenvalue weighted by atomic mass is 10.2. The van der Waals surface area contributed by atoms with E-state index < -0.39 is 10.0 Å². The first-order valence-corrected chi connectivity index (χ1v) is 13.0. The standard InChI is InChI=1S/C20H19N3O2S4/c1-23(2)29(24,25)15-7-3-6-14(12-15)13-28-20-21-18(16-8-4-10-26-16)19(22-20)17-9-5-11-27-17/h3-12H,13H2,1-2H3,(H,21,22). The van der Waals surface area contributed by atoms with Gasteiger partial charge in [0, 0.05) is 19.8 Å². The van der Waals surface area contributed by atoms with Gasteiger partial charge in [-0.3, -0.25) is 0 Å². The summed E-state index contributed by atoms with van der Waals surface area (Å²) in [5.74, 6) is 0.623. The lowest BCUT2D eigenvalue weighted by molar-refractivity contribution is 0.520. The molecule has 0 aliphatic rings. The molecular formula is C20H19N3O2S4. The first kappa shape index (κ1) is 20.4. The van der Waals surface area contributed by atoms with E-state index in [9.17, 15) is 8.42 Å². The zero-order valence-electron chi connectivity index (χ0n) is 15.8. The molecule has 0 aliphatic heterocycles. The van der Waals surface area contributed by atoms with Gasteiger partial charge in [-0.25, -0.2) is 17.7 Å². The highest BCUT2D eigenvalue weighted by Gasteiger charge is 2.18. The molecule has 9 heteroatoms. The Morgan fingerprint density at radius 3 is 2.41 bits per heavy atom. The highest BCUT2D eigenvalue weighted by Crippen LogP contribution is 2.37. The van der Waals surface area contributed by atoms with Gasteiger partial charge in [-0.1, -0.05) is 36.0 Å². The second-order valence-corrected chi connectivity index (χ2v) is 11.5. The van der Waals surface area contributed by atoms with Gasteiger partial charge < -0.3 is 4.98 Å². The summed E-state index contributed by atoms with van der Waals surface area (Å²) in [7, 11) is -0.362. The summed E-state index contributed by atoms with van der Waals surface area (Å²) in [6.07, 6.45) is 0. The number of H-pyrrole nitrogens is 1. The highest BCUT2D eigenvalue weighted by molar-refractivity contribution is 7.98. The fraction of sp³-hybridized carbons (Fsp3) is 0.150. The number of hydrogen-bond donors (Lipinski definition) is 1. The summed E-state index contributed by atoms with van der Waals surface area (Å²) in [5.41, 5.74) is 2.91. The molecule has 4 rings (SSSR count). The van der Waals surface area contributed by atoms with Crippen LogP contribution in [-0.2, 0) is 15.8 Å². The van der Waals surface area contributed by atoms with Crippen LogP contribution in [-0.4, -0.2) is 36.8 Å². The topological polar surface area (TPSA) is 66.1 Å². The van der Waals surface area contributed by atoms with Crippen LogP contribution in [0.1, 0.15) is 5.56 Å². The van der Waals surface area contributed by atoms with E-state index in [0.29, 0.717) is 10.6 Å². The van der Waals surface area contributed by atoms with Crippen molar-refractivity contribution in [2.45, 2.75) is 15.8 Å². The van der Waals surface area contributed by atoms with Crippen LogP contribution in [0.25, 0.3) is 21.1 Å². The Bertz CT molecular complexity index is 1140. The van der Waals surface area contributed by atoms with E-state index in [4.69, 9.17) is 4.98 Å². The summed E-state index contributed by atoms with van der Waals surface area (Å²) in [4.78, 5) is 10.8. The Kier molecular flexibility index (Phi) is 5.93. The van der Waals surface area contributed by atoms with E-state index in [1.807, 2.05) is 23.6 Å². The second kappa shape index (κ2) is 8.45. The molecule has 1 N–H and O–H groups in total. The lowest BCUT2D eigenvalue weighted by Crippen LogP contribution is -2.22. The molecule has 0 saturated heterocycles. The largest absolute Gasteiger partial charge is 0.332 e. The van der Waals surface area contributed by atoms with E-state index >= 15 is 0 Å². The molecule has 0 saturated carbocycles. The summed E-state index contributed by atoms with van der Waals surface area (Å²) >= 11 is 4.90. The van der Waals surface area contributed by atoms with Crippen LogP contribution in [0, 0.1) is 0 Å². The first-order chi connectivity index (χ1) is 13.9. The minimum Gasteiger partial charge on any atom is -0.332 e. The monoisotopic (exact) mass is 461 g/mol. The van der Waals surface area contributed by atoms with E-state index in [1.165, 1.54) is 18.4 Å². The number of aromatic nitrogens is 2. The quantitative estimate of drug-likeness (QED) is 0.374. The maximum Gasteiger partial charge on any atom is 0.242 e. The molecule has 0 spiro atoms. The summed E-state index contributed by atoms with van der Waals surface area (Å²) in [6, 6.07) is 15.3. The van der Waals surface area contributed by atoms with Gasteiger partial charge in [-0.15, -0.1) is 22.7 Å². The molecule has 150 valence electrons. The average Bonchev–Trinajstić information content (AvgIpc) is 3.47. The molecule has 0 atom stereocenters. The van der Waals surface area contributed by atoms with Crippen LogP contribution >= 0.6 is 34.4 Å². The average molecular weight is 462 g/mol. The fourth-order valence-electron chi connectivity index (χ4n) is 2.77. The van der Waals surface area contributed by atoms with E-state index in [0.717, 1.165) is 31.9 Å². The normalized spacial score (nSPS) is 12.0. The van der Waals surface area contributed by atoms with Crippen molar-refractivity contribution in [3.8, 4) is 21.1 Å². The van der Waals surface area contributed by atoms with Crippen LogP contribution < -0.4 is 0 Å². The van der Waals surface area contributed by atoms with Crippen molar-refractivity contribution in [2.75, 3.05) is 14.1 Å². The molecule has 1 aromatic carbocycles. The number of thiophene rings is 2. The maximum atomic E-state index is 12.4. The first-order valence-electron chi connectivity index (χ1n) is 8.77. The third-order valence-corrected chi connectivity index (χ3v) is 8.78. The highest BCUT2D eigenvalue weighted by atomic mass is 32.2. The molecular weight excluding hydrogens is 443 g/mol. The molecule has 0 fully saturated rings. The Hall–Kier alpha value is -1.91. The molecule has 0 aliphatic carbocycles. The van der Waals surface area contributed by atoms with E-state index in [2.05, 4.69) is 22.5 Å². The SMILES string of the molecule is CN(C)S(=O)(=O)c1cccc(CSc2nc(-c3cccs3)c(-c3cccs3)[nH]2)c1. The summed E-state index contributed by atoms with van der Waals surface area (Å²) in [5, 5.41) is 4.92. The van der Waals surface area contributed by atoms with Crippen molar-refractivity contribution in [2.24, 2.45) is 0 Å². The molecule has 3 aromatic heterocycles. The van der Waals surface area contributed by atoms with Crippen molar-refractivity contribution in [1.29, 1.82) is 0 Å². The Labute approximate surface area is 182 Å². The lowest BCUT2D eigenvalue weighted by Gasteiger charge is -2.12. The molecule has 0 amide bonds. The number of aromatic amines is 1. The number of nitrogens with zero attached hydrogens (tertiary/aromatic N) is 2. The summed E-state index contributed by atoms with van der Waals surface area (Å²) in [6.45, 7) is 0. The predicted octanol–water partition coefficient (Wildman–Crippen LogP) is 5.41. The summed E-state index contributed by atoms with van der Waals surface area (Å²) < 4.78 is 26.0. The third-order valence-electron chi connectivity index (χ3n) is 4.26. The Balaban J connectivity index is 1.59. The van der Waals surface area contributed by atoms with Crippen molar-refractivity contribution in [3.05, 3.63) is 64.9 Å². The Morgan fingerprint density at radius 1 is 1.03 bits per heavy atom. The number of benzene rings is 1. The minimum absolute atomic E-state index is 0.304. The van der Waals surface area contributed by atoms with Gasteiger partial charge in [0.25, 0.3) is 0 Å². The second-order valence-electron chi connectivity index (χ2n) is 6.44.